The van der Waals surface area contributed by atoms with Crippen molar-refractivity contribution in [1.29, 1.82) is 0 Å². The third kappa shape index (κ3) is 9.88. The summed E-state index contributed by atoms with van der Waals surface area (Å²) in [5, 5.41) is 10.9. The number of thioether (sulfide) groups is 1. The van der Waals surface area contributed by atoms with E-state index in [1.807, 2.05) is 50.2 Å². The van der Waals surface area contributed by atoms with Gasteiger partial charge in [0.1, 0.15) is 10.7 Å². The monoisotopic (exact) mass is 746 g/mol. The maximum Gasteiger partial charge on any atom is 0.341 e. The average Bonchev–Trinajstić information content (AvgIpc) is 3.49. The number of amides is 4. The summed E-state index contributed by atoms with van der Waals surface area (Å²) in [5.74, 6) is -2.42. The van der Waals surface area contributed by atoms with E-state index in [0.717, 1.165) is 22.5 Å². The first-order valence-electron chi connectivity index (χ1n) is 16.7. The standard InChI is InChI=1S/C41H38N4O6S2/c1-5-33(38(48)45-40-34(41(50)51-4)26(3)35(53-40)39(49)42-29-19-10-7-11-20-29)52-31-22-14-21-30(24-31)43-37(47)32(23-28-18-13-12-15-25(28)2)44-36(46)27-16-8-6-9-17-27/h6-24,33H,5H2,1-4H3,(H,42,49)(H,43,47)(H,44,46)(H,45,48)/b32-23-. The van der Waals surface area contributed by atoms with Crippen LogP contribution in [0.25, 0.3) is 6.08 Å². The molecule has 0 saturated heterocycles. The Morgan fingerprint density at radius 2 is 1.43 bits per heavy atom. The lowest BCUT2D eigenvalue weighted by atomic mass is 10.1. The van der Waals surface area contributed by atoms with Crippen LogP contribution in [0.5, 0.6) is 0 Å². The lowest BCUT2D eigenvalue weighted by Crippen LogP contribution is -2.30. The molecule has 0 saturated carbocycles. The van der Waals surface area contributed by atoms with Gasteiger partial charge in [0.05, 0.1) is 22.8 Å². The molecular weight excluding hydrogens is 709 g/mol. The topological polar surface area (TPSA) is 143 Å². The van der Waals surface area contributed by atoms with Crippen molar-refractivity contribution in [3.63, 3.8) is 0 Å². The van der Waals surface area contributed by atoms with Crippen LogP contribution in [0.1, 0.15) is 60.4 Å². The van der Waals surface area contributed by atoms with E-state index in [9.17, 15) is 24.0 Å². The van der Waals surface area contributed by atoms with Crippen LogP contribution in [0.3, 0.4) is 0 Å². The molecule has 5 rings (SSSR count). The molecule has 1 heterocycles. The predicted molar refractivity (Wildman–Crippen MR) is 211 cm³/mol. The number of thiophene rings is 1. The molecule has 1 unspecified atom stereocenters. The van der Waals surface area contributed by atoms with E-state index in [0.29, 0.717) is 33.8 Å². The molecule has 270 valence electrons. The molecule has 12 heteroatoms. The number of ether oxygens (including phenoxy) is 1. The lowest BCUT2D eigenvalue weighted by molar-refractivity contribution is -0.116. The highest BCUT2D eigenvalue weighted by Crippen LogP contribution is 2.36. The second kappa shape index (κ2) is 18.0. The number of methoxy groups -OCH3 is 1. The highest BCUT2D eigenvalue weighted by molar-refractivity contribution is 8.00. The highest BCUT2D eigenvalue weighted by atomic mass is 32.2. The van der Waals surface area contributed by atoms with Crippen molar-refractivity contribution in [2.75, 3.05) is 23.1 Å². The second-order valence-corrected chi connectivity index (χ2v) is 14.1. The molecule has 0 radical (unpaired) electrons. The minimum absolute atomic E-state index is 0.0569. The molecule has 4 amide bonds. The molecule has 4 aromatic carbocycles. The third-order valence-electron chi connectivity index (χ3n) is 8.06. The lowest BCUT2D eigenvalue weighted by Gasteiger charge is -2.16. The number of carbonyl (C=O) groups is 5. The minimum atomic E-state index is -0.673. The summed E-state index contributed by atoms with van der Waals surface area (Å²) < 4.78 is 5.00. The molecule has 53 heavy (non-hydrogen) atoms. The van der Waals surface area contributed by atoms with Gasteiger partial charge in [0, 0.05) is 21.8 Å². The summed E-state index contributed by atoms with van der Waals surface area (Å²) in [6.07, 6.45) is 2.06. The van der Waals surface area contributed by atoms with Crippen LogP contribution in [0, 0.1) is 13.8 Å². The van der Waals surface area contributed by atoms with Crippen molar-refractivity contribution in [3.8, 4) is 0 Å². The Kier molecular flexibility index (Phi) is 13.0. The van der Waals surface area contributed by atoms with E-state index in [-0.39, 0.29) is 27.0 Å². The van der Waals surface area contributed by atoms with E-state index in [1.165, 1.54) is 18.9 Å². The highest BCUT2D eigenvalue weighted by Gasteiger charge is 2.28. The fourth-order valence-electron chi connectivity index (χ4n) is 5.25. The number of esters is 1. The molecule has 1 atom stereocenters. The Morgan fingerprint density at radius 3 is 2.11 bits per heavy atom. The molecule has 0 bridgehead atoms. The normalized spacial score (nSPS) is 11.6. The van der Waals surface area contributed by atoms with Crippen LogP contribution < -0.4 is 21.3 Å². The zero-order chi connectivity index (χ0) is 37.9. The van der Waals surface area contributed by atoms with E-state index < -0.39 is 28.9 Å². The fraction of sp³-hybridized carbons (Fsp3) is 0.146. The summed E-state index contributed by atoms with van der Waals surface area (Å²) in [6, 6.07) is 32.1. The van der Waals surface area contributed by atoms with Gasteiger partial charge >= 0.3 is 5.97 Å². The van der Waals surface area contributed by atoms with Crippen molar-refractivity contribution >= 4 is 75.1 Å². The van der Waals surface area contributed by atoms with E-state index in [1.54, 1.807) is 85.8 Å². The summed E-state index contributed by atoms with van der Waals surface area (Å²) >= 11 is 2.28. The van der Waals surface area contributed by atoms with E-state index in [4.69, 9.17) is 4.74 Å². The first kappa shape index (κ1) is 38.3. The molecule has 1 aromatic heterocycles. The van der Waals surface area contributed by atoms with E-state index in [2.05, 4.69) is 21.3 Å². The minimum Gasteiger partial charge on any atom is -0.465 e. The largest absolute Gasteiger partial charge is 0.465 e. The van der Waals surface area contributed by atoms with Crippen molar-refractivity contribution in [2.45, 2.75) is 37.3 Å². The van der Waals surface area contributed by atoms with Crippen LogP contribution in [0.4, 0.5) is 16.4 Å². The Labute approximate surface area is 316 Å². The quantitative estimate of drug-likeness (QED) is 0.0539. The van der Waals surface area contributed by atoms with Gasteiger partial charge in [0.2, 0.25) is 5.91 Å². The predicted octanol–water partition coefficient (Wildman–Crippen LogP) is 8.32. The van der Waals surface area contributed by atoms with Gasteiger partial charge in [-0.3, -0.25) is 19.2 Å². The smallest absolute Gasteiger partial charge is 0.341 e. The summed E-state index contributed by atoms with van der Waals surface area (Å²) in [7, 11) is 1.24. The summed E-state index contributed by atoms with van der Waals surface area (Å²) in [4.78, 5) is 67.4. The van der Waals surface area contributed by atoms with Gasteiger partial charge in [-0.1, -0.05) is 73.7 Å². The van der Waals surface area contributed by atoms with Crippen LogP contribution >= 0.6 is 23.1 Å². The molecule has 0 spiro atoms. The summed E-state index contributed by atoms with van der Waals surface area (Å²) in [6.45, 7) is 5.42. The zero-order valence-corrected chi connectivity index (χ0v) is 31.2. The Morgan fingerprint density at radius 1 is 0.774 bits per heavy atom. The van der Waals surface area contributed by atoms with Crippen molar-refractivity contribution < 1.29 is 28.7 Å². The molecule has 5 aromatic rings. The SMILES string of the molecule is CCC(Sc1cccc(NC(=O)/C(=C/c2ccccc2C)NC(=O)c2ccccc2)c1)C(=O)Nc1sc(C(=O)Nc2ccccc2)c(C)c1C(=O)OC. The van der Waals surface area contributed by atoms with Crippen molar-refractivity contribution in [2.24, 2.45) is 0 Å². The second-order valence-electron chi connectivity index (χ2n) is 11.8. The third-order valence-corrected chi connectivity index (χ3v) is 10.6. The number of para-hydroxylation sites is 1. The number of hydrogen-bond donors (Lipinski definition) is 4. The van der Waals surface area contributed by atoms with Gasteiger partial charge in [0.15, 0.2) is 0 Å². The first-order valence-corrected chi connectivity index (χ1v) is 18.4. The molecular formula is C41H38N4O6S2. The average molecular weight is 747 g/mol. The number of benzene rings is 4. The van der Waals surface area contributed by atoms with Crippen LogP contribution in [-0.4, -0.2) is 42.0 Å². The maximum atomic E-state index is 13.7. The van der Waals surface area contributed by atoms with Gasteiger partial charge in [-0.25, -0.2) is 4.79 Å². The number of nitrogens with one attached hydrogen (secondary N) is 4. The van der Waals surface area contributed by atoms with Gasteiger partial charge in [0.25, 0.3) is 17.7 Å². The number of carbonyl (C=O) groups excluding carboxylic acids is 5. The van der Waals surface area contributed by atoms with Crippen molar-refractivity contribution in [1.82, 2.24) is 5.32 Å². The Bertz CT molecular complexity index is 2170. The number of rotatable bonds is 13. The van der Waals surface area contributed by atoms with Crippen LogP contribution in [-0.2, 0) is 14.3 Å². The Balaban J connectivity index is 1.32. The van der Waals surface area contributed by atoms with Gasteiger partial charge in [-0.15, -0.1) is 23.1 Å². The molecule has 0 aliphatic carbocycles. The van der Waals surface area contributed by atoms with Gasteiger partial charge in [-0.2, -0.15) is 0 Å². The van der Waals surface area contributed by atoms with Crippen LogP contribution in [0.15, 0.2) is 120 Å². The molecule has 0 fully saturated rings. The van der Waals surface area contributed by atoms with Crippen molar-refractivity contribution in [3.05, 3.63) is 148 Å². The fourth-order valence-corrected chi connectivity index (χ4v) is 7.35. The molecule has 0 aliphatic rings. The van der Waals surface area contributed by atoms with Gasteiger partial charge in [-0.05, 0) is 85.5 Å². The first-order chi connectivity index (χ1) is 25.6. The van der Waals surface area contributed by atoms with E-state index >= 15 is 0 Å². The summed E-state index contributed by atoms with van der Waals surface area (Å²) in [5.41, 5.74) is 3.71. The zero-order valence-electron chi connectivity index (χ0n) is 29.5. The molecule has 4 N–H and O–H groups in total. The van der Waals surface area contributed by atoms with Crippen LogP contribution in [0.2, 0.25) is 0 Å². The number of aryl methyl sites for hydroxylation is 1. The number of anilines is 3. The molecule has 0 aliphatic heterocycles. The van der Waals surface area contributed by atoms with Gasteiger partial charge < -0.3 is 26.0 Å². The Hall–Kier alpha value is -5.98. The maximum absolute atomic E-state index is 13.7. The molecule has 10 nitrogen and oxygen atoms in total. The number of hydrogen-bond acceptors (Lipinski definition) is 8.